The van der Waals surface area contributed by atoms with Crippen LogP contribution in [0.15, 0.2) is 18.2 Å². The largest absolute Gasteiger partial charge is 0.329 e. The van der Waals surface area contributed by atoms with Crippen molar-refractivity contribution >= 4 is 29.1 Å². The lowest BCUT2D eigenvalue weighted by Gasteiger charge is -2.40. The molecule has 1 heterocycles. The first-order valence-corrected chi connectivity index (χ1v) is 8.06. The molecule has 0 saturated carbocycles. The van der Waals surface area contributed by atoms with Crippen molar-refractivity contribution in [3.63, 3.8) is 0 Å². The zero-order valence-electron chi connectivity index (χ0n) is 13.6. The highest BCUT2D eigenvalue weighted by Crippen LogP contribution is 2.29. The first-order chi connectivity index (χ1) is 10.3. The van der Waals surface area contributed by atoms with Gasteiger partial charge in [0.2, 0.25) is 11.8 Å². The summed E-state index contributed by atoms with van der Waals surface area (Å²) in [5.74, 6) is 0.301. The first-order valence-electron chi connectivity index (χ1n) is 7.69. The monoisotopic (exact) mass is 322 g/mol. The highest BCUT2D eigenvalue weighted by molar-refractivity contribution is 6.31. The molecule has 1 saturated heterocycles. The van der Waals surface area contributed by atoms with E-state index in [0.717, 1.165) is 11.3 Å². The number of halogens is 1. The van der Waals surface area contributed by atoms with E-state index in [4.69, 9.17) is 11.6 Å². The number of benzene rings is 1. The summed E-state index contributed by atoms with van der Waals surface area (Å²) in [4.78, 5) is 28.4. The van der Waals surface area contributed by atoms with Gasteiger partial charge in [0.25, 0.3) is 0 Å². The van der Waals surface area contributed by atoms with Gasteiger partial charge in [-0.3, -0.25) is 9.59 Å². The molecule has 0 N–H and O–H groups in total. The van der Waals surface area contributed by atoms with Crippen LogP contribution in [0.4, 0.5) is 5.69 Å². The van der Waals surface area contributed by atoms with E-state index in [1.165, 1.54) is 0 Å². The Balaban J connectivity index is 2.19. The molecule has 0 aliphatic carbocycles. The second-order valence-corrected chi connectivity index (χ2v) is 6.64. The minimum Gasteiger partial charge on any atom is -0.329 e. The number of anilines is 1. The van der Waals surface area contributed by atoms with Crippen molar-refractivity contribution in [2.75, 3.05) is 18.0 Å². The average Bonchev–Trinajstić information content (AvgIpc) is 2.44. The van der Waals surface area contributed by atoms with E-state index in [9.17, 15) is 9.59 Å². The molecule has 120 valence electrons. The number of carbonyl (C=O) groups excluding carboxylic acids is 2. The molecule has 0 aromatic heterocycles. The molecule has 0 radical (unpaired) electrons. The molecule has 1 aliphatic rings. The summed E-state index contributed by atoms with van der Waals surface area (Å²) in [6.07, 6.45) is 0.480. The lowest BCUT2D eigenvalue weighted by atomic mass is 10.1. The van der Waals surface area contributed by atoms with Crippen molar-refractivity contribution in [1.29, 1.82) is 0 Å². The molecule has 1 fully saturated rings. The van der Waals surface area contributed by atoms with Gasteiger partial charge in [0.1, 0.15) is 6.04 Å². The summed E-state index contributed by atoms with van der Waals surface area (Å²) < 4.78 is 0. The van der Waals surface area contributed by atoms with Crippen molar-refractivity contribution in [3.8, 4) is 0 Å². The molecular weight excluding hydrogens is 300 g/mol. The maximum absolute atomic E-state index is 12.7. The van der Waals surface area contributed by atoms with Crippen molar-refractivity contribution in [3.05, 3.63) is 28.8 Å². The Labute approximate surface area is 137 Å². The van der Waals surface area contributed by atoms with Gasteiger partial charge < -0.3 is 9.80 Å². The van der Waals surface area contributed by atoms with Crippen LogP contribution < -0.4 is 4.90 Å². The summed E-state index contributed by atoms with van der Waals surface area (Å²) in [5, 5.41) is 0.649. The van der Waals surface area contributed by atoms with Crippen LogP contribution in [0.5, 0.6) is 0 Å². The van der Waals surface area contributed by atoms with Crippen LogP contribution in [-0.4, -0.2) is 35.8 Å². The third kappa shape index (κ3) is 3.27. The van der Waals surface area contributed by atoms with Gasteiger partial charge in [-0.1, -0.05) is 31.5 Å². The van der Waals surface area contributed by atoms with Crippen molar-refractivity contribution in [1.82, 2.24) is 4.90 Å². The van der Waals surface area contributed by atoms with Crippen LogP contribution in [0, 0.1) is 12.8 Å². The van der Waals surface area contributed by atoms with Crippen molar-refractivity contribution in [2.24, 2.45) is 5.92 Å². The third-order valence-electron chi connectivity index (χ3n) is 4.09. The molecule has 22 heavy (non-hydrogen) atoms. The predicted molar refractivity (Wildman–Crippen MR) is 89.2 cm³/mol. The van der Waals surface area contributed by atoms with E-state index in [0.29, 0.717) is 30.5 Å². The Morgan fingerprint density at radius 1 is 1.36 bits per heavy atom. The number of hydrogen-bond donors (Lipinski definition) is 0. The Hall–Kier alpha value is -1.55. The van der Waals surface area contributed by atoms with Crippen molar-refractivity contribution in [2.45, 2.75) is 40.2 Å². The van der Waals surface area contributed by atoms with Gasteiger partial charge >= 0.3 is 0 Å². The molecule has 1 aromatic carbocycles. The smallest absolute Gasteiger partial charge is 0.249 e. The molecular formula is C17H23ClN2O2. The van der Waals surface area contributed by atoms with E-state index in [1.807, 2.05) is 39.0 Å². The number of amides is 2. The van der Waals surface area contributed by atoms with Gasteiger partial charge in [0.15, 0.2) is 0 Å². The normalized spacial score (nSPS) is 19.0. The Kier molecular flexibility index (Phi) is 5.12. The Morgan fingerprint density at radius 3 is 2.68 bits per heavy atom. The number of rotatable bonds is 3. The molecule has 1 atom stereocenters. The van der Waals surface area contributed by atoms with E-state index < -0.39 is 6.04 Å². The van der Waals surface area contributed by atoms with Gasteiger partial charge in [-0.05, 0) is 37.5 Å². The lowest BCUT2D eigenvalue weighted by Crippen LogP contribution is -2.58. The maximum Gasteiger partial charge on any atom is 0.249 e. The molecule has 2 amide bonds. The lowest BCUT2D eigenvalue weighted by molar-refractivity contribution is -0.141. The number of hydrogen-bond acceptors (Lipinski definition) is 2. The average molecular weight is 323 g/mol. The van der Waals surface area contributed by atoms with Gasteiger partial charge in [0, 0.05) is 30.2 Å². The summed E-state index contributed by atoms with van der Waals surface area (Å²) in [7, 11) is 0. The zero-order valence-corrected chi connectivity index (χ0v) is 14.4. The van der Waals surface area contributed by atoms with Gasteiger partial charge in [0.05, 0.1) is 0 Å². The molecule has 0 spiro atoms. The van der Waals surface area contributed by atoms with Gasteiger partial charge in [-0.2, -0.15) is 0 Å². The fraction of sp³-hybridized carbons (Fsp3) is 0.529. The van der Waals surface area contributed by atoms with Crippen LogP contribution in [-0.2, 0) is 9.59 Å². The summed E-state index contributed by atoms with van der Waals surface area (Å²) >= 11 is 6.15. The van der Waals surface area contributed by atoms with Crippen LogP contribution in [0.1, 0.15) is 32.8 Å². The van der Waals surface area contributed by atoms with Crippen LogP contribution >= 0.6 is 11.6 Å². The molecule has 1 aliphatic heterocycles. The molecule has 4 nitrogen and oxygen atoms in total. The summed E-state index contributed by atoms with van der Waals surface area (Å²) in [5.41, 5.74) is 1.73. The molecule has 2 rings (SSSR count). The Morgan fingerprint density at radius 2 is 2.05 bits per heavy atom. The minimum absolute atomic E-state index is 0.0475. The standard InChI is InChI=1S/C17H23ClN2O2/c1-11(2)10-16(21)19-8-9-20(17(22)13(19)4)15-7-5-6-14(18)12(15)3/h5-7,11,13H,8-10H2,1-4H3. The quantitative estimate of drug-likeness (QED) is 0.857. The van der Waals surface area contributed by atoms with Crippen molar-refractivity contribution < 1.29 is 9.59 Å². The number of nitrogens with zero attached hydrogens (tertiary/aromatic N) is 2. The molecule has 0 bridgehead atoms. The predicted octanol–water partition coefficient (Wildman–Crippen LogP) is 3.26. The first kappa shape index (κ1) is 16.8. The molecule has 1 aromatic rings. The third-order valence-corrected chi connectivity index (χ3v) is 4.50. The minimum atomic E-state index is -0.432. The van der Waals surface area contributed by atoms with E-state index in [-0.39, 0.29) is 11.8 Å². The van der Waals surface area contributed by atoms with Crippen LogP contribution in [0.3, 0.4) is 0 Å². The summed E-state index contributed by atoms with van der Waals surface area (Å²) in [6.45, 7) is 8.79. The van der Waals surface area contributed by atoms with E-state index in [2.05, 4.69) is 0 Å². The highest BCUT2D eigenvalue weighted by atomic mass is 35.5. The Bertz CT molecular complexity index is 586. The van der Waals surface area contributed by atoms with E-state index >= 15 is 0 Å². The van der Waals surface area contributed by atoms with Gasteiger partial charge in [-0.25, -0.2) is 0 Å². The number of carbonyl (C=O) groups is 2. The zero-order chi connectivity index (χ0) is 16.4. The SMILES string of the molecule is Cc1c(Cl)cccc1N1CCN(C(=O)CC(C)C)C(C)C1=O. The van der Waals surface area contributed by atoms with E-state index in [1.54, 1.807) is 16.7 Å². The van der Waals surface area contributed by atoms with Crippen LogP contribution in [0.25, 0.3) is 0 Å². The second kappa shape index (κ2) is 6.69. The maximum atomic E-state index is 12.7. The number of piperazine rings is 1. The summed E-state index contributed by atoms with van der Waals surface area (Å²) in [6, 6.07) is 5.13. The fourth-order valence-electron chi connectivity index (χ4n) is 2.81. The molecule has 5 heteroatoms. The highest BCUT2D eigenvalue weighted by Gasteiger charge is 2.35. The topological polar surface area (TPSA) is 40.6 Å². The van der Waals surface area contributed by atoms with Crippen LogP contribution in [0.2, 0.25) is 5.02 Å². The van der Waals surface area contributed by atoms with Gasteiger partial charge in [-0.15, -0.1) is 0 Å². The fourth-order valence-corrected chi connectivity index (χ4v) is 2.97. The second-order valence-electron chi connectivity index (χ2n) is 6.23. The molecule has 1 unspecified atom stereocenters.